The molecule has 2 N–H and O–H groups in total. The van der Waals surface area contributed by atoms with E-state index in [2.05, 4.69) is 14.9 Å². The fraction of sp³-hybridized carbons (Fsp3) is 0.600. The van der Waals surface area contributed by atoms with Gasteiger partial charge in [0, 0.05) is 18.3 Å². The molecule has 4 nitrogen and oxygen atoms in total. The summed E-state index contributed by atoms with van der Waals surface area (Å²) in [5.41, 5.74) is 1.95. The number of aromatic amines is 2. The minimum absolute atomic E-state index is 0.00292. The van der Waals surface area contributed by atoms with Crippen molar-refractivity contribution in [3.8, 4) is 0 Å². The van der Waals surface area contributed by atoms with Crippen molar-refractivity contribution in [2.75, 3.05) is 6.54 Å². The number of hydrogen-bond acceptors (Lipinski definition) is 3. The molecular weight excluding hydrogens is 210 g/mol. The minimum Gasteiger partial charge on any atom is -0.334 e. The van der Waals surface area contributed by atoms with Crippen LogP contribution in [0.15, 0.2) is 4.79 Å². The highest BCUT2D eigenvalue weighted by Gasteiger charge is 2.34. The van der Waals surface area contributed by atoms with Gasteiger partial charge in [-0.25, -0.2) is 0 Å². The molecule has 0 spiro atoms. The lowest BCUT2D eigenvalue weighted by molar-refractivity contribution is 0.163. The number of nitrogens with zero attached hydrogens (tertiary/aromatic N) is 1. The molecule has 0 amide bonds. The lowest BCUT2D eigenvalue weighted by atomic mass is 10.00. The first kappa shape index (κ1) is 9.30. The van der Waals surface area contributed by atoms with E-state index in [1.807, 2.05) is 0 Å². The van der Waals surface area contributed by atoms with Gasteiger partial charge < -0.3 is 4.98 Å². The van der Waals surface area contributed by atoms with Gasteiger partial charge in [0.2, 0.25) is 0 Å². The molecule has 0 radical (unpaired) electrons. The van der Waals surface area contributed by atoms with E-state index in [9.17, 15) is 4.79 Å². The zero-order valence-corrected chi connectivity index (χ0v) is 9.19. The molecule has 1 fully saturated rings. The van der Waals surface area contributed by atoms with E-state index in [0.717, 1.165) is 30.8 Å². The Labute approximate surface area is 92.3 Å². The largest absolute Gasteiger partial charge is 0.334 e. The van der Waals surface area contributed by atoms with E-state index in [1.165, 1.54) is 12.8 Å². The third-order valence-corrected chi connectivity index (χ3v) is 3.57. The molecule has 1 saturated heterocycles. The van der Waals surface area contributed by atoms with E-state index < -0.39 is 0 Å². The molecular formula is C10H13N3OS. The van der Waals surface area contributed by atoms with Crippen molar-refractivity contribution in [3.05, 3.63) is 26.4 Å². The molecule has 1 unspecified atom stereocenters. The van der Waals surface area contributed by atoms with Gasteiger partial charge in [0.15, 0.2) is 4.77 Å². The predicted molar refractivity (Wildman–Crippen MR) is 59.2 cm³/mol. The van der Waals surface area contributed by atoms with Crippen molar-refractivity contribution in [1.29, 1.82) is 0 Å². The van der Waals surface area contributed by atoms with Crippen LogP contribution >= 0.6 is 12.2 Å². The highest BCUT2D eigenvalue weighted by Crippen LogP contribution is 2.36. The van der Waals surface area contributed by atoms with Crippen LogP contribution in [0.1, 0.15) is 36.6 Å². The van der Waals surface area contributed by atoms with Gasteiger partial charge in [0.05, 0.1) is 5.56 Å². The summed E-state index contributed by atoms with van der Waals surface area (Å²) in [6, 6.07) is 0.323. The van der Waals surface area contributed by atoms with Gasteiger partial charge in [-0.2, -0.15) is 0 Å². The van der Waals surface area contributed by atoms with Gasteiger partial charge in [-0.1, -0.05) is 6.42 Å². The third kappa shape index (κ3) is 1.38. The number of hydrogen-bond donors (Lipinski definition) is 2. The fourth-order valence-electron chi connectivity index (χ4n) is 2.73. The normalized spacial score (nSPS) is 24.9. The molecule has 1 atom stereocenters. The Morgan fingerprint density at radius 1 is 1.33 bits per heavy atom. The van der Waals surface area contributed by atoms with Crippen LogP contribution in [-0.4, -0.2) is 21.4 Å². The van der Waals surface area contributed by atoms with Crippen LogP contribution in [0.5, 0.6) is 0 Å². The Bertz CT molecular complexity index is 504. The zero-order chi connectivity index (χ0) is 10.4. The third-order valence-electron chi connectivity index (χ3n) is 3.37. The Hall–Kier alpha value is -0.940. The lowest BCUT2D eigenvalue weighted by Crippen LogP contribution is -2.29. The summed E-state index contributed by atoms with van der Waals surface area (Å²) in [6.07, 6.45) is 3.56. The molecule has 2 aliphatic rings. The fourth-order valence-corrected chi connectivity index (χ4v) is 2.95. The van der Waals surface area contributed by atoms with Gasteiger partial charge >= 0.3 is 0 Å². The van der Waals surface area contributed by atoms with Gasteiger partial charge in [-0.05, 0) is 31.6 Å². The van der Waals surface area contributed by atoms with Crippen LogP contribution in [0.2, 0.25) is 0 Å². The maximum absolute atomic E-state index is 11.8. The minimum atomic E-state index is 0.00292. The number of piperidine rings is 1. The van der Waals surface area contributed by atoms with Crippen molar-refractivity contribution >= 4 is 12.2 Å². The Morgan fingerprint density at radius 3 is 3.07 bits per heavy atom. The summed E-state index contributed by atoms with van der Waals surface area (Å²) >= 11 is 4.98. The van der Waals surface area contributed by atoms with Crippen LogP contribution in [0.25, 0.3) is 0 Å². The summed E-state index contributed by atoms with van der Waals surface area (Å²) in [5, 5.41) is 0. The molecule has 1 aromatic rings. The molecule has 0 aliphatic carbocycles. The van der Waals surface area contributed by atoms with Gasteiger partial charge in [0.25, 0.3) is 5.56 Å². The zero-order valence-electron chi connectivity index (χ0n) is 8.38. The monoisotopic (exact) mass is 223 g/mol. The topological polar surface area (TPSA) is 51.9 Å². The highest BCUT2D eigenvalue weighted by molar-refractivity contribution is 7.71. The second-order valence-corrected chi connectivity index (χ2v) is 4.69. The highest BCUT2D eigenvalue weighted by atomic mass is 32.1. The second kappa shape index (κ2) is 3.28. The molecule has 3 heterocycles. The number of fused-ring (bicyclic) bond motifs is 3. The average Bonchev–Trinajstić information content (AvgIpc) is 2.54. The van der Waals surface area contributed by atoms with Crippen LogP contribution in [-0.2, 0) is 6.54 Å². The van der Waals surface area contributed by atoms with Crippen molar-refractivity contribution in [3.63, 3.8) is 0 Å². The van der Waals surface area contributed by atoms with Crippen LogP contribution < -0.4 is 5.56 Å². The summed E-state index contributed by atoms with van der Waals surface area (Å²) < 4.78 is 0.443. The first-order valence-electron chi connectivity index (χ1n) is 5.35. The van der Waals surface area contributed by atoms with Gasteiger partial charge in [-0.15, -0.1) is 0 Å². The number of nitrogens with one attached hydrogen (secondary N) is 2. The predicted octanol–water partition coefficient (Wildman–Crippen LogP) is 1.47. The van der Waals surface area contributed by atoms with Crippen LogP contribution in [0, 0.1) is 4.77 Å². The Balaban J connectivity index is 2.16. The summed E-state index contributed by atoms with van der Waals surface area (Å²) in [5.74, 6) is 0. The molecule has 15 heavy (non-hydrogen) atoms. The lowest BCUT2D eigenvalue weighted by Gasteiger charge is -2.28. The van der Waals surface area contributed by atoms with Crippen molar-refractivity contribution < 1.29 is 0 Å². The van der Waals surface area contributed by atoms with E-state index in [4.69, 9.17) is 12.2 Å². The summed E-state index contributed by atoms with van der Waals surface area (Å²) in [4.78, 5) is 20.0. The first-order chi connectivity index (χ1) is 7.25. The van der Waals surface area contributed by atoms with Crippen LogP contribution in [0.3, 0.4) is 0 Å². The van der Waals surface area contributed by atoms with Crippen molar-refractivity contribution in [2.24, 2.45) is 0 Å². The number of rotatable bonds is 0. The van der Waals surface area contributed by atoms with E-state index in [0.29, 0.717) is 10.8 Å². The molecule has 0 saturated carbocycles. The first-order valence-corrected chi connectivity index (χ1v) is 5.76. The molecule has 3 rings (SSSR count). The molecule has 80 valence electrons. The second-order valence-electron chi connectivity index (χ2n) is 4.28. The molecule has 0 aromatic carbocycles. The maximum Gasteiger partial charge on any atom is 0.256 e. The van der Waals surface area contributed by atoms with E-state index in [-0.39, 0.29) is 5.56 Å². The number of H-pyrrole nitrogens is 2. The quantitative estimate of drug-likeness (QED) is 0.655. The van der Waals surface area contributed by atoms with Crippen molar-refractivity contribution in [2.45, 2.75) is 31.8 Å². The summed E-state index contributed by atoms with van der Waals surface area (Å²) in [6.45, 7) is 1.95. The Kier molecular flexibility index (Phi) is 2.03. The van der Waals surface area contributed by atoms with E-state index >= 15 is 0 Å². The average molecular weight is 223 g/mol. The molecule has 1 aromatic heterocycles. The van der Waals surface area contributed by atoms with E-state index in [1.54, 1.807) is 0 Å². The van der Waals surface area contributed by atoms with Gasteiger partial charge in [-0.3, -0.25) is 14.7 Å². The molecule has 0 bridgehead atoms. The van der Waals surface area contributed by atoms with Crippen molar-refractivity contribution in [1.82, 2.24) is 14.9 Å². The Morgan fingerprint density at radius 2 is 2.20 bits per heavy atom. The molecule has 2 aliphatic heterocycles. The SMILES string of the molecule is O=c1[nH]c(=S)[nH]c2c1C1CCCCN1C2. The smallest absolute Gasteiger partial charge is 0.256 e. The van der Waals surface area contributed by atoms with Gasteiger partial charge in [0.1, 0.15) is 0 Å². The maximum atomic E-state index is 11.8. The standard InChI is InChI=1S/C10H13N3OS/c14-9-8-6(11-10(15)12-9)5-13-4-2-1-3-7(8)13/h7H,1-5H2,(H2,11,12,14,15). The van der Waals surface area contributed by atoms with Crippen LogP contribution in [0.4, 0.5) is 0 Å². The molecule has 5 heteroatoms. The summed E-state index contributed by atoms with van der Waals surface area (Å²) in [7, 11) is 0. The number of aromatic nitrogens is 2.